The van der Waals surface area contributed by atoms with Gasteiger partial charge in [0.15, 0.2) is 0 Å². The number of amides is 3. The highest BCUT2D eigenvalue weighted by atomic mass is 16.5. The minimum absolute atomic E-state index is 0.0505. The summed E-state index contributed by atoms with van der Waals surface area (Å²) in [5.41, 5.74) is 1.31. The van der Waals surface area contributed by atoms with Crippen LogP contribution in [-0.2, 0) is 16.1 Å². The maximum atomic E-state index is 12.2. The second-order valence-electron chi connectivity index (χ2n) is 6.12. The average Bonchev–Trinajstić information content (AvgIpc) is 2.66. The van der Waals surface area contributed by atoms with Gasteiger partial charge in [-0.05, 0) is 32.0 Å². The molecule has 0 unspecified atom stereocenters. The van der Waals surface area contributed by atoms with Gasteiger partial charge in [-0.1, -0.05) is 30.3 Å². The van der Waals surface area contributed by atoms with Gasteiger partial charge in [-0.15, -0.1) is 0 Å². The van der Waals surface area contributed by atoms with Crippen LogP contribution in [0.15, 0.2) is 48.5 Å². The van der Waals surface area contributed by atoms with Crippen LogP contribution in [0.4, 0.5) is 5.69 Å². The summed E-state index contributed by atoms with van der Waals surface area (Å²) >= 11 is 0. The van der Waals surface area contributed by atoms with Crippen LogP contribution in [0.5, 0.6) is 5.75 Å². The largest absolute Gasteiger partial charge is 0.496 e. The number of carbonyl (C=O) groups excluding carboxylic acids is 3. The molecule has 142 valence electrons. The molecule has 0 aliphatic heterocycles. The topological polar surface area (TPSA) is 96.5 Å². The third-order valence-electron chi connectivity index (χ3n) is 3.68. The summed E-state index contributed by atoms with van der Waals surface area (Å²) in [6.45, 7) is 3.82. The van der Waals surface area contributed by atoms with E-state index >= 15 is 0 Å². The van der Waals surface area contributed by atoms with Gasteiger partial charge in [-0.25, -0.2) is 0 Å². The first kappa shape index (κ1) is 20.0. The van der Waals surface area contributed by atoms with Gasteiger partial charge < -0.3 is 20.7 Å². The van der Waals surface area contributed by atoms with Gasteiger partial charge in [-0.3, -0.25) is 14.4 Å². The first-order valence-corrected chi connectivity index (χ1v) is 8.53. The number of methoxy groups -OCH3 is 1. The van der Waals surface area contributed by atoms with E-state index in [4.69, 9.17) is 4.74 Å². The molecule has 0 atom stereocenters. The van der Waals surface area contributed by atoms with Crippen LogP contribution in [0, 0.1) is 0 Å². The van der Waals surface area contributed by atoms with Gasteiger partial charge in [0, 0.05) is 18.2 Å². The Balaban J connectivity index is 2.02. The first-order valence-electron chi connectivity index (χ1n) is 8.53. The zero-order chi connectivity index (χ0) is 19.8. The van der Waals surface area contributed by atoms with E-state index in [1.54, 1.807) is 36.4 Å². The lowest BCUT2D eigenvalue weighted by molar-refractivity contribution is -0.136. The van der Waals surface area contributed by atoms with Crippen molar-refractivity contribution in [1.29, 1.82) is 0 Å². The average molecular weight is 369 g/mol. The van der Waals surface area contributed by atoms with Crippen LogP contribution in [0.1, 0.15) is 29.8 Å². The van der Waals surface area contributed by atoms with Gasteiger partial charge in [0.2, 0.25) is 0 Å². The smallest absolute Gasteiger partial charge is 0.313 e. The third-order valence-corrected chi connectivity index (χ3v) is 3.68. The Kier molecular flexibility index (Phi) is 6.93. The van der Waals surface area contributed by atoms with Crippen LogP contribution < -0.4 is 20.7 Å². The maximum Gasteiger partial charge on any atom is 0.313 e. The highest BCUT2D eigenvalue weighted by Gasteiger charge is 2.18. The quantitative estimate of drug-likeness (QED) is 0.679. The van der Waals surface area contributed by atoms with E-state index in [1.165, 1.54) is 7.11 Å². The molecular formula is C20H23N3O4. The highest BCUT2D eigenvalue weighted by molar-refractivity contribution is 6.40. The summed E-state index contributed by atoms with van der Waals surface area (Å²) in [5.74, 6) is -1.36. The minimum Gasteiger partial charge on any atom is -0.496 e. The fourth-order valence-electron chi connectivity index (χ4n) is 2.41. The fourth-order valence-corrected chi connectivity index (χ4v) is 2.41. The molecular weight excluding hydrogens is 346 g/mol. The molecule has 7 nitrogen and oxygen atoms in total. The summed E-state index contributed by atoms with van der Waals surface area (Å²) < 4.78 is 5.21. The van der Waals surface area contributed by atoms with Crippen molar-refractivity contribution in [3.05, 3.63) is 59.7 Å². The van der Waals surface area contributed by atoms with Crippen molar-refractivity contribution in [2.75, 3.05) is 12.4 Å². The predicted octanol–water partition coefficient (Wildman–Crippen LogP) is 2.09. The van der Waals surface area contributed by atoms with E-state index in [0.717, 1.165) is 5.56 Å². The molecule has 2 rings (SSSR count). The highest BCUT2D eigenvalue weighted by Crippen LogP contribution is 2.17. The van der Waals surface area contributed by atoms with Crippen molar-refractivity contribution in [2.24, 2.45) is 0 Å². The van der Waals surface area contributed by atoms with E-state index < -0.39 is 11.8 Å². The summed E-state index contributed by atoms with van der Waals surface area (Å²) in [6, 6.07) is 13.7. The molecule has 27 heavy (non-hydrogen) atoms. The molecule has 0 saturated heterocycles. The van der Waals surface area contributed by atoms with Crippen molar-refractivity contribution in [3.8, 4) is 5.75 Å². The first-order chi connectivity index (χ1) is 12.9. The monoisotopic (exact) mass is 369 g/mol. The van der Waals surface area contributed by atoms with Gasteiger partial charge in [0.25, 0.3) is 5.91 Å². The Labute approximate surface area is 158 Å². The summed E-state index contributed by atoms with van der Waals surface area (Å²) in [4.78, 5) is 36.5. The lowest BCUT2D eigenvalue weighted by Crippen LogP contribution is -2.36. The Hall–Kier alpha value is -3.35. The Bertz CT molecular complexity index is 833. The van der Waals surface area contributed by atoms with E-state index in [2.05, 4.69) is 16.0 Å². The molecule has 0 aromatic heterocycles. The molecule has 2 aromatic rings. The molecule has 0 bridgehead atoms. The van der Waals surface area contributed by atoms with Crippen molar-refractivity contribution < 1.29 is 19.1 Å². The van der Waals surface area contributed by atoms with Crippen molar-refractivity contribution in [1.82, 2.24) is 10.6 Å². The lowest BCUT2D eigenvalue weighted by atomic mass is 10.1. The molecule has 7 heteroatoms. The Morgan fingerprint density at radius 3 is 2.33 bits per heavy atom. The number of rotatable bonds is 6. The number of anilines is 1. The number of hydrogen-bond acceptors (Lipinski definition) is 4. The normalized spacial score (nSPS) is 10.2. The number of carbonyl (C=O) groups is 3. The summed E-state index contributed by atoms with van der Waals surface area (Å²) in [7, 11) is 1.53. The lowest BCUT2D eigenvalue weighted by Gasteiger charge is -2.13. The summed E-state index contributed by atoms with van der Waals surface area (Å²) in [6.07, 6.45) is 0. The standard InChI is InChI=1S/C20H23N3O4/c1-13(2)22-18(24)15-9-5-6-10-16(15)23-20(26)19(25)21-12-14-8-4-7-11-17(14)27-3/h4-11,13H,12H2,1-3H3,(H,21,25)(H,22,24)(H,23,26). The molecule has 0 spiro atoms. The van der Waals surface area contributed by atoms with E-state index in [0.29, 0.717) is 5.75 Å². The minimum atomic E-state index is -0.852. The fraction of sp³-hybridized carbons (Fsp3) is 0.250. The van der Waals surface area contributed by atoms with Crippen molar-refractivity contribution >= 4 is 23.4 Å². The zero-order valence-corrected chi connectivity index (χ0v) is 15.5. The molecule has 3 N–H and O–H groups in total. The predicted molar refractivity (Wildman–Crippen MR) is 103 cm³/mol. The zero-order valence-electron chi connectivity index (χ0n) is 15.5. The number of hydrogen-bond donors (Lipinski definition) is 3. The van der Waals surface area contributed by atoms with Gasteiger partial charge in [0.05, 0.1) is 18.4 Å². The van der Waals surface area contributed by atoms with E-state index in [-0.39, 0.29) is 29.7 Å². The number of nitrogens with one attached hydrogen (secondary N) is 3. The van der Waals surface area contributed by atoms with Crippen LogP contribution in [-0.4, -0.2) is 30.9 Å². The molecule has 0 heterocycles. The molecule has 3 amide bonds. The van der Waals surface area contributed by atoms with Crippen LogP contribution in [0.3, 0.4) is 0 Å². The SMILES string of the molecule is COc1ccccc1CNC(=O)C(=O)Nc1ccccc1C(=O)NC(C)C. The van der Waals surface area contributed by atoms with Gasteiger partial charge in [0.1, 0.15) is 5.75 Å². The Morgan fingerprint density at radius 1 is 0.963 bits per heavy atom. The molecule has 0 fully saturated rings. The molecule has 0 aliphatic carbocycles. The van der Waals surface area contributed by atoms with Crippen molar-refractivity contribution in [2.45, 2.75) is 26.4 Å². The van der Waals surface area contributed by atoms with E-state index in [1.807, 2.05) is 26.0 Å². The summed E-state index contributed by atoms with van der Waals surface area (Å²) in [5, 5.41) is 7.79. The third kappa shape index (κ3) is 5.57. The van der Waals surface area contributed by atoms with Gasteiger partial charge >= 0.3 is 11.8 Å². The van der Waals surface area contributed by atoms with E-state index in [9.17, 15) is 14.4 Å². The van der Waals surface area contributed by atoms with Crippen LogP contribution in [0.2, 0.25) is 0 Å². The number of benzene rings is 2. The van der Waals surface area contributed by atoms with Crippen LogP contribution in [0.25, 0.3) is 0 Å². The second kappa shape index (κ2) is 9.38. The maximum absolute atomic E-state index is 12.2. The molecule has 0 saturated carbocycles. The molecule has 0 radical (unpaired) electrons. The number of para-hydroxylation sites is 2. The molecule has 0 aliphatic rings. The Morgan fingerprint density at radius 2 is 1.63 bits per heavy atom. The van der Waals surface area contributed by atoms with Crippen LogP contribution >= 0.6 is 0 Å². The second-order valence-corrected chi connectivity index (χ2v) is 6.12. The molecule has 2 aromatic carbocycles. The number of ether oxygens (including phenoxy) is 1. The van der Waals surface area contributed by atoms with Gasteiger partial charge in [-0.2, -0.15) is 0 Å². The van der Waals surface area contributed by atoms with Crippen molar-refractivity contribution in [3.63, 3.8) is 0 Å².